The van der Waals surface area contributed by atoms with Gasteiger partial charge in [-0.1, -0.05) is 32.8 Å². The first-order valence-corrected chi connectivity index (χ1v) is 6.77. The van der Waals surface area contributed by atoms with Crippen LogP contribution in [0.25, 0.3) is 0 Å². The average Bonchev–Trinajstić information content (AvgIpc) is 2.45. The van der Waals surface area contributed by atoms with E-state index in [4.69, 9.17) is 0 Å². The molecule has 1 aromatic heterocycles. The highest BCUT2D eigenvalue weighted by Crippen LogP contribution is 2.29. The van der Waals surface area contributed by atoms with Crippen LogP contribution in [0.5, 0.6) is 0 Å². The van der Waals surface area contributed by atoms with Gasteiger partial charge in [0.05, 0.1) is 6.07 Å². The molecular formula is C15H21N3O. The maximum Gasteiger partial charge on any atom is 0.240 e. The van der Waals surface area contributed by atoms with Gasteiger partial charge in [0.2, 0.25) is 5.91 Å². The van der Waals surface area contributed by atoms with Gasteiger partial charge >= 0.3 is 0 Å². The van der Waals surface area contributed by atoms with E-state index in [-0.39, 0.29) is 5.91 Å². The second kappa shape index (κ2) is 7.52. The number of amides is 1. The van der Waals surface area contributed by atoms with Crippen LogP contribution in [0.3, 0.4) is 0 Å². The largest absolute Gasteiger partial charge is 0.351 e. The number of nitriles is 1. The maximum absolute atomic E-state index is 12.3. The summed E-state index contributed by atoms with van der Waals surface area (Å²) in [6, 6.07) is 5.96. The monoisotopic (exact) mass is 259 g/mol. The minimum absolute atomic E-state index is 0.164. The summed E-state index contributed by atoms with van der Waals surface area (Å²) in [4.78, 5) is 16.3. The molecule has 4 nitrogen and oxygen atoms in total. The van der Waals surface area contributed by atoms with E-state index >= 15 is 0 Å². The number of aromatic nitrogens is 1. The lowest BCUT2D eigenvalue weighted by molar-refractivity contribution is -0.129. The molecule has 1 heterocycles. The van der Waals surface area contributed by atoms with Gasteiger partial charge in [0.25, 0.3) is 0 Å². The third kappa shape index (κ3) is 4.06. The molecule has 102 valence electrons. The summed E-state index contributed by atoms with van der Waals surface area (Å²) in [5.41, 5.74) is 0.0572. The van der Waals surface area contributed by atoms with Crippen molar-refractivity contribution in [2.45, 2.75) is 46.1 Å². The van der Waals surface area contributed by atoms with Gasteiger partial charge in [0, 0.05) is 18.9 Å². The van der Waals surface area contributed by atoms with Crippen molar-refractivity contribution in [2.24, 2.45) is 5.41 Å². The molecule has 1 N–H and O–H groups in total. The van der Waals surface area contributed by atoms with Gasteiger partial charge in [0.15, 0.2) is 0 Å². The summed E-state index contributed by atoms with van der Waals surface area (Å²) in [6.45, 7) is 4.41. The minimum Gasteiger partial charge on any atom is -0.351 e. The van der Waals surface area contributed by atoms with Crippen LogP contribution in [0.2, 0.25) is 0 Å². The lowest BCUT2D eigenvalue weighted by Crippen LogP contribution is -2.39. The van der Waals surface area contributed by atoms with Crippen LogP contribution in [-0.2, 0) is 11.3 Å². The van der Waals surface area contributed by atoms with E-state index in [0.29, 0.717) is 19.4 Å². The first-order valence-electron chi connectivity index (χ1n) is 6.77. The standard InChI is InChI=1S/C15H21N3O/c1-3-7-15(12-16,8-4-2)14(19)18-11-13-6-5-9-17-10-13/h5-6,9-10H,3-4,7-8,11H2,1-2H3,(H,18,19). The fourth-order valence-electron chi connectivity index (χ4n) is 2.22. The quantitative estimate of drug-likeness (QED) is 0.818. The van der Waals surface area contributed by atoms with Gasteiger partial charge in [0.1, 0.15) is 5.41 Å². The second-order valence-electron chi connectivity index (χ2n) is 4.74. The molecule has 0 radical (unpaired) electrons. The number of hydrogen-bond donors (Lipinski definition) is 1. The minimum atomic E-state index is -0.883. The molecule has 1 amide bonds. The van der Waals surface area contributed by atoms with Crippen LogP contribution in [0.1, 0.15) is 45.1 Å². The third-order valence-corrected chi connectivity index (χ3v) is 3.18. The molecule has 0 fully saturated rings. The lowest BCUT2D eigenvalue weighted by Gasteiger charge is -2.24. The van der Waals surface area contributed by atoms with Crippen molar-refractivity contribution in [3.8, 4) is 6.07 Å². The molecule has 0 bridgehead atoms. The molecule has 0 saturated carbocycles. The highest BCUT2D eigenvalue weighted by molar-refractivity contribution is 5.85. The zero-order valence-electron chi connectivity index (χ0n) is 11.6. The molecule has 0 atom stereocenters. The normalized spacial score (nSPS) is 10.8. The lowest BCUT2D eigenvalue weighted by atomic mass is 9.80. The molecule has 0 aromatic carbocycles. The van der Waals surface area contributed by atoms with Gasteiger partial charge in [-0.25, -0.2) is 0 Å². The van der Waals surface area contributed by atoms with Crippen LogP contribution < -0.4 is 5.32 Å². The predicted octanol–water partition coefficient (Wildman–Crippen LogP) is 2.81. The summed E-state index contributed by atoms with van der Waals surface area (Å²) in [6.07, 6.45) is 6.28. The Kier molecular flexibility index (Phi) is 6.01. The van der Waals surface area contributed by atoms with Crippen molar-refractivity contribution in [3.05, 3.63) is 30.1 Å². The highest BCUT2D eigenvalue weighted by atomic mass is 16.2. The maximum atomic E-state index is 12.3. The Morgan fingerprint density at radius 2 is 2.11 bits per heavy atom. The Balaban J connectivity index is 2.70. The molecular weight excluding hydrogens is 238 g/mol. The summed E-state index contributed by atoms with van der Waals surface area (Å²) in [5.74, 6) is -0.164. The zero-order chi connectivity index (χ0) is 14.1. The molecule has 0 aliphatic carbocycles. The number of nitrogens with one attached hydrogen (secondary N) is 1. The van der Waals surface area contributed by atoms with E-state index in [0.717, 1.165) is 18.4 Å². The SMILES string of the molecule is CCCC(C#N)(CCC)C(=O)NCc1cccnc1. The van der Waals surface area contributed by atoms with E-state index in [2.05, 4.69) is 16.4 Å². The van der Waals surface area contributed by atoms with Gasteiger partial charge in [-0.15, -0.1) is 0 Å². The number of carbonyl (C=O) groups excluding carboxylic acids is 1. The zero-order valence-corrected chi connectivity index (χ0v) is 11.6. The summed E-state index contributed by atoms with van der Waals surface area (Å²) < 4.78 is 0. The number of pyridine rings is 1. The van der Waals surface area contributed by atoms with Crippen molar-refractivity contribution < 1.29 is 4.79 Å². The Labute approximate surface area is 114 Å². The molecule has 0 saturated heterocycles. The van der Waals surface area contributed by atoms with E-state index in [1.165, 1.54) is 0 Å². The van der Waals surface area contributed by atoms with Crippen LogP contribution in [-0.4, -0.2) is 10.9 Å². The summed E-state index contributed by atoms with van der Waals surface area (Å²) in [5, 5.41) is 12.2. The van der Waals surface area contributed by atoms with Crippen molar-refractivity contribution in [3.63, 3.8) is 0 Å². The van der Waals surface area contributed by atoms with Crippen LogP contribution in [0.15, 0.2) is 24.5 Å². The molecule has 4 heteroatoms. The predicted molar refractivity (Wildman–Crippen MR) is 73.9 cm³/mol. The Morgan fingerprint density at radius 3 is 2.58 bits per heavy atom. The fourth-order valence-corrected chi connectivity index (χ4v) is 2.22. The Bertz CT molecular complexity index is 430. The number of rotatable bonds is 7. The summed E-state index contributed by atoms with van der Waals surface area (Å²) in [7, 11) is 0. The first kappa shape index (κ1) is 15.2. The van der Waals surface area contributed by atoms with E-state index in [1.807, 2.05) is 26.0 Å². The number of carbonyl (C=O) groups is 1. The number of hydrogen-bond acceptors (Lipinski definition) is 3. The van der Waals surface area contributed by atoms with Crippen molar-refractivity contribution in [2.75, 3.05) is 0 Å². The van der Waals surface area contributed by atoms with Crippen LogP contribution in [0.4, 0.5) is 0 Å². The second-order valence-corrected chi connectivity index (χ2v) is 4.74. The van der Waals surface area contributed by atoms with E-state index in [9.17, 15) is 10.1 Å². The van der Waals surface area contributed by atoms with Gasteiger partial charge in [-0.3, -0.25) is 9.78 Å². The summed E-state index contributed by atoms with van der Waals surface area (Å²) >= 11 is 0. The molecule has 19 heavy (non-hydrogen) atoms. The molecule has 0 aliphatic rings. The van der Waals surface area contributed by atoms with Gasteiger partial charge in [-0.2, -0.15) is 5.26 Å². The van der Waals surface area contributed by atoms with Crippen LogP contribution in [0, 0.1) is 16.7 Å². The highest BCUT2D eigenvalue weighted by Gasteiger charge is 2.36. The molecule has 0 aliphatic heterocycles. The van der Waals surface area contributed by atoms with E-state index < -0.39 is 5.41 Å². The smallest absolute Gasteiger partial charge is 0.240 e. The average molecular weight is 259 g/mol. The first-order chi connectivity index (χ1) is 9.18. The Morgan fingerprint density at radius 1 is 1.42 bits per heavy atom. The topological polar surface area (TPSA) is 65.8 Å². The fraction of sp³-hybridized carbons (Fsp3) is 0.533. The van der Waals surface area contributed by atoms with Gasteiger partial charge in [-0.05, 0) is 24.5 Å². The number of nitrogens with zero attached hydrogens (tertiary/aromatic N) is 2. The van der Waals surface area contributed by atoms with Crippen LogP contribution >= 0.6 is 0 Å². The third-order valence-electron chi connectivity index (χ3n) is 3.18. The molecule has 0 spiro atoms. The Hall–Kier alpha value is -1.89. The molecule has 1 aromatic rings. The van der Waals surface area contributed by atoms with Crippen molar-refractivity contribution in [1.29, 1.82) is 5.26 Å². The molecule has 0 unspecified atom stereocenters. The van der Waals surface area contributed by atoms with Crippen molar-refractivity contribution in [1.82, 2.24) is 10.3 Å². The van der Waals surface area contributed by atoms with Crippen molar-refractivity contribution >= 4 is 5.91 Å². The van der Waals surface area contributed by atoms with E-state index in [1.54, 1.807) is 12.4 Å². The van der Waals surface area contributed by atoms with Gasteiger partial charge < -0.3 is 5.32 Å². The molecule has 1 rings (SSSR count).